The fourth-order valence-corrected chi connectivity index (χ4v) is 1.90. The molecule has 0 aliphatic carbocycles. The highest BCUT2D eigenvalue weighted by atomic mass is 79.9. The van der Waals surface area contributed by atoms with E-state index < -0.39 is 0 Å². The van der Waals surface area contributed by atoms with Gasteiger partial charge < -0.3 is 5.32 Å². The molecule has 0 radical (unpaired) electrons. The lowest BCUT2D eigenvalue weighted by molar-refractivity contribution is 0.798. The van der Waals surface area contributed by atoms with E-state index in [4.69, 9.17) is 11.6 Å². The lowest BCUT2D eigenvalue weighted by Crippen LogP contribution is -2.05. The third-order valence-electron chi connectivity index (χ3n) is 1.93. The van der Waals surface area contributed by atoms with E-state index in [1.54, 1.807) is 0 Å². The van der Waals surface area contributed by atoms with Gasteiger partial charge in [-0.05, 0) is 35.1 Å². The molecule has 0 fully saturated rings. The van der Waals surface area contributed by atoms with Crippen LogP contribution in [0.25, 0.3) is 5.65 Å². The second-order valence-electron chi connectivity index (χ2n) is 2.96. The maximum atomic E-state index is 6.15. The van der Waals surface area contributed by atoms with E-state index >= 15 is 0 Å². The Kier molecular flexibility index (Phi) is 2.76. The molecular weight excluding hydrogens is 265 g/mol. The molecule has 0 unspecified atom stereocenters. The standard InChI is InChI=1S/C9H9BrClN3/c1-12-4-7-9(11)14-5-6(10)2-3-8(14)13-7/h2-3,5,12H,4H2,1H3. The van der Waals surface area contributed by atoms with Gasteiger partial charge in [-0.1, -0.05) is 11.6 Å². The monoisotopic (exact) mass is 273 g/mol. The summed E-state index contributed by atoms with van der Waals surface area (Å²) in [7, 11) is 1.87. The molecule has 2 heterocycles. The summed E-state index contributed by atoms with van der Waals surface area (Å²) in [6.07, 6.45) is 1.91. The van der Waals surface area contributed by atoms with Crippen molar-refractivity contribution < 1.29 is 0 Å². The highest BCUT2D eigenvalue weighted by molar-refractivity contribution is 9.10. The highest BCUT2D eigenvalue weighted by Gasteiger charge is 2.08. The zero-order chi connectivity index (χ0) is 10.1. The Balaban J connectivity index is 2.62. The van der Waals surface area contributed by atoms with Crippen LogP contribution in [-0.4, -0.2) is 16.4 Å². The Morgan fingerprint density at radius 1 is 1.57 bits per heavy atom. The van der Waals surface area contributed by atoms with Gasteiger partial charge in [0.1, 0.15) is 10.8 Å². The Morgan fingerprint density at radius 3 is 3.07 bits per heavy atom. The molecule has 0 saturated carbocycles. The van der Waals surface area contributed by atoms with Crippen molar-refractivity contribution >= 4 is 33.2 Å². The van der Waals surface area contributed by atoms with E-state index in [1.807, 2.05) is 29.8 Å². The van der Waals surface area contributed by atoms with Crippen LogP contribution in [0.4, 0.5) is 0 Å². The van der Waals surface area contributed by atoms with Crippen molar-refractivity contribution in [2.24, 2.45) is 0 Å². The number of nitrogens with zero attached hydrogens (tertiary/aromatic N) is 2. The maximum Gasteiger partial charge on any atom is 0.138 e. The summed E-state index contributed by atoms with van der Waals surface area (Å²) < 4.78 is 2.85. The van der Waals surface area contributed by atoms with Crippen LogP contribution in [0.1, 0.15) is 5.69 Å². The summed E-state index contributed by atoms with van der Waals surface area (Å²) in [6, 6.07) is 3.87. The molecule has 0 bridgehead atoms. The van der Waals surface area contributed by atoms with Crippen molar-refractivity contribution in [2.45, 2.75) is 6.54 Å². The summed E-state index contributed by atoms with van der Waals surface area (Å²) in [4.78, 5) is 4.39. The summed E-state index contributed by atoms with van der Waals surface area (Å²) >= 11 is 9.54. The predicted octanol–water partition coefficient (Wildman–Crippen LogP) is 2.47. The van der Waals surface area contributed by atoms with E-state index in [-0.39, 0.29) is 0 Å². The van der Waals surface area contributed by atoms with Crippen molar-refractivity contribution in [2.75, 3.05) is 7.05 Å². The third-order valence-corrected chi connectivity index (χ3v) is 2.80. The van der Waals surface area contributed by atoms with Gasteiger partial charge in [0, 0.05) is 17.2 Å². The van der Waals surface area contributed by atoms with Gasteiger partial charge in [-0.15, -0.1) is 0 Å². The van der Waals surface area contributed by atoms with Gasteiger partial charge in [0.05, 0.1) is 5.69 Å². The first-order valence-corrected chi connectivity index (χ1v) is 5.36. The summed E-state index contributed by atoms with van der Waals surface area (Å²) in [5.41, 5.74) is 1.73. The molecule has 2 rings (SSSR count). The van der Waals surface area contributed by atoms with Crippen molar-refractivity contribution in [3.8, 4) is 0 Å². The van der Waals surface area contributed by atoms with Crippen LogP contribution >= 0.6 is 27.5 Å². The van der Waals surface area contributed by atoms with E-state index in [0.717, 1.165) is 15.8 Å². The van der Waals surface area contributed by atoms with Crippen LogP contribution in [0.15, 0.2) is 22.8 Å². The van der Waals surface area contributed by atoms with Gasteiger partial charge in [0.25, 0.3) is 0 Å². The van der Waals surface area contributed by atoms with Crippen molar-refractivity contribution in [1.29, 1.82) is 0 Å². The first-order chi connectivity index (χ1) is 6.72. The fourth-order valence-electron chi connectivity index (χ4n) is 1.32. The molecule has 0 saturated heterocycles. The van der Waals surface area contributed by atoms with Crippen molar-refractivity contribution in [3.63, 3.8) is 0 Å². The molecule has 1 N–H and O–H groups in total. The highest BCUT2D eigenvalue weighted by Crippen LogP contribution is 2.20. The lowest BCUT2D eigenvalue weighted by atomic mass is 10.5. The first kappa shape index (κ1) is 9.96. The molecule has 2 aromatic rings. The number of rotatable bonds is 2. The minimum absolute atomic E-state index is 0.663. The summed E-state index contributed by atoms with van der Waals surface area (Å²) in [5, 5.41) is 3.69. The third kappa shape index (κ3) is 1.65. The van der Waals surface area contributed by atoms with Crippen LogP contribution in [0.3, 0.4) is 0 Å². The number of imidazole rings is 1. The van der Waals surface area contributed by atoms with Gasteiger partial charge in [0.2, 0.25) is 0 Å². The summed E-state index contributed by atoms with van der Waals surface area (Å²) in [6.45, 7) is 0.679. The Bertz CT molecular complexity index is 466. The van der Waals surface area contributed by atoms with E-state index in [0.29, 0.717) is 11.7 Å². The lowest BCUT2D eigenvalue weighted by Gasteiger charge is -1.96. The van der Waals surface area contributed by atoms with Crippen LogP contribution < -0.4 is 5.32 Å². The second-order valence-corrected chi connectivity index (χ2v) is 4.23. The first-order valence-electron chi connectivity index (χ1n) is 4.19. The van der Waals surface area contributed by atoms with E-state index in [2.05, 4.69) is 26.2 Å². The van der Waals surface area contributed by atoms with E-state index in [9.17, 15) is 0 Å². The molecule has 0 aliphatic heterocycles. The molecular formula is C9H9BrClN3. The van der Waals surface area contributed by atoms with E-state index in [1.165, 1.54) is 0 Å². The van der Waals surface area contributed by atoms with Crippen LogP contribution in [0.5, 0.6) is 0 Å². The Morgan fingerprint density at radius 2 is 2.36 bits per heavy atom. The zero-order valence-electron chi connectivity index (χ0n) is 7.59. The summed E-state index contributed by atoms with van der Waals surface area (Å²) in [5.74, 6) is 0. The smallest absolute Gasteiger partial charge is 0.138 e. The number of hydrogen-bond donors (Lipinski definition) is 1. The number of pyridine rings is 1. The quantitative estimate of drug-likeness (QED) is 0.911. The van der Waals surface area contributed by atoms with Crippen LogP contribution in [0, 0.1) is 0 Å². The Hall–Kier alpha value is -0.580. The minimum atomic E-state index is 0.663. The average molecular weight is 275 g/mol. The van der Waals surface area contributed by atoms with Crippen molar-refractivity contribution in [1.82, 2.24) is 14.7 Å². The molecule has 3 nitrogen and oxygen atoms in total. The van der Waals surface area contributed by atoms with Gasteiger partial charge in [0.15, 0.2) is 0 Å². The molecule has 0 amide bonds. The predicted molar refractivity (Wildman–Crippen MR) is 60.7 cm³/mol. The molecule has 74 valence electrons. The molecule has 0 aliphatic rings. The Labute approximate surface area is 95.2 Å². The number of halogens is 2. The van der Waals surface area contributed by atoms with Gasteiger partial charge >= 0.3 is 0 Å². The number of fused-ring (bicyclic) bond motifs is 1. The molecule has 0 spiro atoms. The molecule has 0 atom stereocenters. The topological polar surface area (TPSA) is 29.3 Å². The number of hydrogen-bond acceptors (Lipinski definition) is 2. The minimum Gasteiger partial charge on any atom is -0.314 e. The van der Waals surface area contributed by atoms with Crippen LogP contribution in [-0.2, 0) is 6.54 Å². The normalized spacial score (nSPS) is 11.1. The molecule has 0 aromatic carbocycles. The van der Waals surface area contributed by atoms with Gasteiger partial charge in [-0.25, -0.2) is 4.98 Å². The van der Waals surface area contributed by atoms with Gasteiger partial charge in [-0.3, -0.25) is 4.40 Å². The molecule has 14 heavy (non-hydrogen) atoms. The molecule has 2 aromatic heterocycles. The van der Waals surface area contributed by atoms with Gasteiger partial charge in [-0.2, -0.15) is 0 Å². The maximum absolute atomic E-state index is 6.15. The second kappa shape index (κ2) is 3.88. The fraction of sp³-hybridized carbons (Fsp3) is 0.222. The average Bonchev–Trinajstić information content (AvgIpc) is 2.46. The van der Waals surface area contributed by atoms with Crippen LogP contribution in [0.2, 0.25) is 5.15 Å². The largest absolute Gasteiger partial charge is 0.314 e. The van der Waals surface area contributed by atoms with Crippen molar-refractivity contribution in [3.05, 3.63) is 33.6 Å². The SMILES string of the molecule is CNCc1nc2ccc(Br)cn2c1Cl. The zero-order valence-corrected chi connectivity index (χ0v) is 9.93. The molecule has 5 heteroatoms. The number of aromatic nitrogens is 2. The number of nitrogens with one attached hydrogen (secondary N) is 1.